The quantitative estimate of drug-likeness (QED) is 0.450. The van der Waals surface area contributed by atoms with Crippen LogP contribution >= 0.6 is 0 Å². The van der Waals surface area contributed by atoms with E-state index in [0.717, 1.165) is 29.0 Å². The van der Waals surface area contributed by atoms with Gasteiger partial charge in [-0.2, -0.15) is 4.98 Å². The van der Waals surface area contributed by atoms with Crippen molar-refractivity contribution in [3.05, 3.63) is 65.6 Å². The third kappa shape index (κ3) is 4.83. The summed E-state index contributed by atoms with van der Waals surface area (Å²) in [6.07, 6.45) is 2.18. The molecule has 0 aliphatic rings. The average molecular weight is 394 g/mol. The molecule has 0 fully saturated rings. The van der Waals surface area contributed by atoms with Gasteiger partial charge in [0.25, 0.3) is 0 Å². The summed E-state index contributed by atoms with van der Waals surface area (Å²) in [7, 11) is 1.89. The standard InChI is InChI=1S/C23H28FN5/c1-6-23(3,4)18-12-11-17(13-20(18)25-5)27-21-19(24)14-26-22(29-21)28-16-9-7-15(2)8-10-16/h7-14,25H,6H2,1-5H3,(H2,26,27,28,29). The lowest BCUT2D eigenvalue weighted by Crippen LogP contribution is -2.17. The molecular weight excluding hydrogens is 365 g/mol. The molecule has 0 atom stereocenters. The van der Waals surface area contributed by atoms with Crippen LogP contribution in [0.4, 0.5) is 33.2 Å². The highest BCUT2D eigenvalue weighted by molar-refractivity contribution is 5.67. The van der Waals surface area contributed by atoms with Crippen molar-refractivity contribution in [3.8, 4) is 0 Å². The molecule has 0 aliphatic carbocycles. The highest BCUT2D eigenvalue weighted by Crippen LogP contribution is 2.35. The fourth-order valence-electron chi connectivity index (χ4n) is 3.03. The van der Waals surface area contributed by atoms with Crippen LogP contribution in [-0.2, 0) is 5.41 Å². The second kappa shape index (κ2) is 8.47. The smallest absolute Gasteiger partial charge is 0.229 e. The third-order valence-corrected chi connectivity index (χ3v) is 5.22. The van der Waals surface area contributed by atoms with E-state index in [0.29, 0.717) is 5.95 Å². The van der Waals surface area contributed by atoms with Crippen LogP contribution in [0.5, 0.6) is 0 Å². The maximum atomic E-state index is 14.3. The Morgan fingerprint density at radius 1 is 1.00 bits per heavy atom. The van der Waals surface area contributed by atoms with Crippen LogP contribution in [0.3, 0.4) is 0 Å². The summed E-state index contributed by atoms with van der Waals surface area (Å²) in [5.74, 6) is -0.0575. The van der Waals surface area contributed by atoms with Crippen molar-refractivity contribution >= 4 is 28.8 Å². The first kappa shape index (κ1) is 20.6. The summed E-state index contributed by atoms with van der Waals surface area (Å²) < 4.78 is 14.3. The van der Waals surface area contributed by atoms with Gasteiger partial charge in [-0.1, -0.05) is 44.5 Å². The minimum absolute atomic E-state index is 0.0438. The molecule has 6 heteroatoms. The van der Waals surface area contributed by atoms with Crippen LogP contribution in [-0.4, -0.2) is 17.0 Å². The molecule has 0 amide bonds. The predicted molar refractivity (Wildman–Crippen MR) is 119 cm³/mol. The van der Waals surface area contributed by atoms with Gasteiger partial charge in [0, 0.05) is 24.1 Å². The molecule has 3 N–H and O–H groups in total. The number of benzene rings is 2. The Labute approximate surface area is 171 Å². The number of aromatic nitrogens is 2. The molecular formula is C23H28FN5. The van der Waals surface area contributed by atoms with Crippen LogP contribution < -0.4 is 16.0 Å². The van der Waals surface area contributed by atoms with Crippen molar-refractivity contribution in [1.82, 2.24) is 9.97 Å². The average Bonchev–Trinajstić information content (AvgIpc) is 2.72. The van der Waals surface area contributed by atoms with E-state index >= 15 is 0 Å². The largest absolute Gasteiger partial charge is 0.388 e. The Balaban J connectivity index is 1.85. The zero-order chi connectivity index (χ0) is 21.0. The fraction of sp³-hybridized carbons (Fsp3) is 0.304. The number of hydrogen-bond donors (Lipinski definition) is 3. The summed E-state index contributed by atoms with van der Waals surface area (Å²) in [4.78, 5) is 8.34. The van der Waals surface area contributed by atoms with E-state index < -0.39 is 5.82 Å². The Bertz CT molecular complexity index is 983. The maximum Gasteiger partial charge on any atom is 0.229 e. The van der Waals surface area contributed by atoms with Crippen LogP contribution in [0.15, 0.2) is 48.7 Å². The molecule has 2 aromatic carbocycles. The van der Waals surface area contributed by atoms with E-state index in [-0.39, 0.29) is 11.2 Å². The maximum absolute atomic E-state index is 14.3. The molecule has 1 aromatic heterocycles. The minimum Gasteiger partial charge on any atom is -0.388 e. The first-order valence-corrected chi connectivity index (χ1v) is 9.78. The second-order valence-electron chi connectivity index (χ2n) is 7.75. The lowest BCUT2D eigenvalue weighted by atomic mass is 9.81. The van der Waals surface area contributed by atoms with Gasteiger partial charge in [0.15, 0.2) is 11.6 Å². The number of rotatable bonds is 7. The van der Waals surface area contributed by atoms with Crippen molar-refractivity contribution in [2.75, 3.05) is 23.0 Å². The Kier molecular flexibility index (Phi) is 6.01. The minimum atomic E-state index is -0.511. The van der Waals surface area contributed by atoms with E-state index in [1.165, 1.54) is 11.8 Å². The van der Waals surface area contributed by atoms with Gasteiger partial charge in [-0.15, -0.1) is 0 Å². The SMILES string of the molecule is CCC(C)(C)c1ccc(Nc2nc(Nc3ccc(C)cc3)ncc2F)cc1NC. The van der Waals surface area contributed by atoms with Gasteiger partial charge < -0.3 is 16.0 Å². The fourth-order valence-corrected chi connectivity index (χ4v) is 3.03. The molecule has 0 radical (unpaired) electrons. The van der Waals surface area contributed by atoms with Crippen molar-refractivity contribution in [2.24, 2.45) is 0 Å². The van der Waals surface area contributed by atoms with E-state index in [9.17, 15) is 4.39 Å². The summed E-state index contributed by atoms with van der Waals surface area (Å²) in [6.45, 7) is 8.61. The van der Waals surface area contributed by atoms with Gasteiger partial charge in [0.05, 0.1) is 6.20 Å². The number of nitrogens with one attached hydrogen (secondary N) is 3. The van der Waals surface area contributed by atoms with E-state index in [1.54, 1.807) is 0 Å². The molecule has 0 unspecified atom stereocenters. The molecule has 152 valence electrons. The number of hydrogen-bond acceptors (Lipinski definition) is 5. The molecule has 0 spiro atoms. The summed E-state index contributed by atoms with van der Waals surface area (Å²) in [5, 5.41) is 9.42. The van der Waals surface area contributed by atoms with Gasteiger partial charge >= 0.3 is 0 Å². The molecule has 3 rings (SSSR count). The first-order chi connectivity index (χ1) is 13.8. The monoisotopic (exact) mass is 393 g/mol. The Morgan fingerprint density at radius 3 is 2.34 bits per heavy atom. The van der Waals surface area contributed by atoms with Crippen molar-refractivity contribution in [2.45, 2.75) is 39.5 Å². The van der Waals surface area contributed by atoms with Gasteiger partial charge in [-0.05, 0) is 48.6 Å². The van der Waals surface area contributed by atoms with Gasteiger partial charge in [0.2, 0.25) is 5.95 Å². The summed E-state index contributed by atoms with van der Waals surface area (Å²) in [6, 6.07) is 13.8. The van der Waals surface area contributed by atoms with Crippen molar-refractivity contribution < 1.29 is 4.39 Å². The van der Waals surface area contributed by atoms with Crippen LogP contribution in [0.2, 0.25) is 0 Å². The number of aryl methyl sites for hydroxylation is 1. The first-order valence-electron chi connectivity index (χ1n) is 9.78. The number of anilines is 5. The third-order valence-electron chi connectivity index (χ3n) is 5.22. The van der Waals surface area contributed by atoms with Crippen LogP contribution in [0.25, 0.3) is 0 Å². The highest BCUT2D eigenvalue weighted by Gasteiger charge is 2.21. The van der Waals surface area contributed by atoms with E-state index in [2.05, 4.69) is 52.8 Å². The van der Waals surface area contributed by atoms with Crippen LogP contribution in [0.1, 0.15) is 38.3 Å². The molecule has 29 heavy (non-hydrogen) atoms. The van der Waals surface area contributed by atoms with E-state index in [1.807, 2.05) is 50.4 Å². The number of nitrogens with zero attached hydrogens (tertiary/aromatic N) is 2. The summed E-state index contributed by atoms with van der Waals surface area (Å²) >= 11 is 0. The molecule has 5 nitrogen and oxygen atoms in total. The van der Waals surface area contributed by atoms with Crippen LogP contribution in [0, 0.1) is 12.7 Å². The zero-order valence-corrected chi connectivity index (χ0v) is 17.6. The van der Waals surface area contributed by atoms with Gasteiger partial charge in [-0.25, -0.2) is 9.37 Å². The number of halogens is 1. The lowest BCUT2D eigenvalue weighted by Gasteiger charge is -2.26. The van der Waals surface area contributed by atoms with Gasteiger partial charge in [-0.3, -0.25) is 0 Å². The molecule has 0 aliphatic heterocycles. The second-order valence-corrected chi connectivity index (χ2v) is 7.75. The normalized spacial score (nSPS) is 11.2. The summed E-state index contributed by atoms with van der Waals surface area (Å²) in [5.41, 5.74) is 5.03. The lowest BCUT2D eigenvalue weighted by molar-refractivity contribution is 0.508. The highest BCUT2D eigenvalue weighted by atomic mass is 19.1. The Hall–Kier alpha value is -3.15. The molecule has 1 heterocycles. The molecule has 3 aromatic rings. The Morgan fingerprint density at radius 2 is 1.69 bits per heavy atom. The topological polar surface area (TPSA) is 61.9 Å². The van der Waals surface area contributed by atoms with Crippen molar-refractivity contribution in [1.29, 1.82) is 0 Å². The van der Waals surface area contributed by atoms with Crippen molar-refractivity contribution in [3.63, 3.8) is 0 Å². The molecule has 0 saturated heterocycles. The van der Waals surface area contributed by atoms with Gasteiger partial charge in [0.1, 0.15) is 0 Å². The molecule has 0 saturated carbocycles. The molecule has 0 bridgehead atoms. The van der Waals surface area contributed by atoms with E-state index in [4.69, 9.17) is 0 Å². The zero-order valence-electron chi connectivity index (χ0n) is 17.6. The predicted octanol–water partition coefficient (Wildman–Crippen LogP) is 6.14.